The van der Waals surface area contributed by atoms with Gasteiger partial charge < -0.3 is 4.74 Å². The van der Waals surface area contributed by atoms with E-state index in [0.29, 0.717) is 15.7 Å². The summed E-state index contributed by atoms with van der Waals surface area (Å²) in [5.74, 6) is 0.649. The van der Waals surface area contributed by atoms with Crippen molar-refractivity contribution in [3.05, 3.63) is 23.2 Å². The molecule has 13 heavy (non-hydrogen) atoms. The number of halogens is 2. The van der Waals surface area contributed by atoms with Crippen LogP contribution in [0.4, 0.5) is 4.79 Å². The van der Waals surface area contributed by atoms with Gasteiger partial charge in [0.2, 0.25) is 0 Å². The highest BCUT2D eigenvalue weighted by molar-refractivity contribution is 8.16. The zero-order chi connectivity index (χ0) is 9.84. The van der Waals surface area contributed by atoms with Gasteiger partial charge in [0.15, 0.2) is 0 Å². The number of benzene rings is 1. The Kier molecular flexibility index (Phi) is 3.90. The second-order valence-electron chi connectivity index (χ2n) is 2.14. The average Bonchev–Trinajstić information content (AvgIpc) is 2.08. The number of methoxy groups -OCH3 is 1. The summed E-state index contributed by atoms with van der Waals surface area (Å²) in [4.78, 5) is 11.2. The predicted octanol–water partition coefficient (Wildman–Crippen LogP) is 3.80. The van der Waals surface area contributed by atoms with Crippen LogP contribution in [0.5, 0.6) is 5.75 Å². The first-order chi connectivity index (χ1) is 6.13. The normalized spacial score (nSPS) is 9.77. The molecule has 0 N–H and O–H groups in total. The van der Waals surface area contributed by atoms with Crippen LogP contribution >= 0.6 is 35.0 Å². The van der Waals surface area contributed by atoms with Gasteiger partial charge in [0.05, 0.1) is 12.1 Å². The van der Waals surface area contributed by atoms with E-state index < -0.39 is 4.57 Å². The molecule has 0 bridgehead atoms. The van der Waals surface area contributed by atoms with E-state index >= 15 is 0 Å². The Morgan fingerprint density at radius 3 is 2.69 bits per heavy atom. The van der Waals surface area contributed by atoms with Crippen LogP contribution in [0.25, 0.3) is 0 Å². The molecule has 0 unspecified atom stereocenters. The number of rotatable bonds is 2. The van der Waals surface area contributed by atoms with Crippen molar-refractivity contribution in [2.24, 2.45) is 0 Å². The first kappa shape index (κ1) is 10.7. The maximum atomic E-state index is 10.6. The number of carbonyl (C=O) groups is 1. The zero-order valence-electron chi connectivity index (χ0n) is 6.71. The highest BCUT2D eigenvalue weighted by Crippen LogP contribution is 2.31. The third-order valence-electron chi connectivity index (χ3n) is 1.33. The number of thioether (sulfide) groups is 1. The molecule has 0 atom stereocenters. The van der Waals surface area contributed by atoms with Crippen LogP contribution in [-0.2, 0) is 0 Å². The molecular formula is C8H6Cl2O2S. The van der Waals surface area contributed by atoms with Gasteiger partial charge in [0.25, 0.3) is 4.57 Å². The minimum Gasteiger partial charge on any atom is -0.497 e. The van der Waals surface area contributed by atoms with E-state index in [9.17, 15) is 4.79 Å². The molecule has 0 aromatic heterocycles. The Morgan fingerprint density at radius 1 is 1.54 bits per heavy atom. The molecule has 0 aliphatic heterocycles. The summed E-state index contributed by atoms with van der Waals surface area (Å²) in [5.41, 5.74) is 0. The SMILES string of the molecule is COc1ccc(SC(=O)Cl)c(Cl)c1. The van der Waals surface area contributed by atoms with E-state index in [4.69, 9.17) is 27.9 Å². The lowest BCUT2D eigenvalue weighted by Gasteiger charge is -2.03. The van der Waals surface area contributed by atoms with Crippen molar-refractivity contribution in [1.29, 1.82) is 0 Å². The highest BCUT2D eigenvalue weighted by Gasteiger charge is 2.06. The molecule has 0 heterocycles. The van der Waals surface area contributed by atoms with E-state index in [1.54, 1.807) is 25.3 Å². The van der Waals surface area contributed by atoms with E-state index in [0.717, 1.165) is 11.8 Å². The molecular weight excluding hydrogens is 231 g/mol. The fourth-order valence-electron chi connectivity index (χ4n) is 0.778. The van der Waals surface area contributed by atoms with Crippen LogP contribution in [0, 0.1) is 0 Å². The van der Waals surface area contributed by atoms with Crippen molar-refractivity contribution in [2.75, 3.05) is 7.11 Å². The second kappa shape index (κ2) is 4.74. The summed E-state index contributed by atoms with van der Waals surface area (Å²) in [6.07, 6.45) is 0. The van der Waals surface area contributed by atoms with Crippen molar-refractivity contribution in [2.45, 2.75) is 4.90 Å². The van der Waals surface area contributed by atoms with Gasteiger partial charge in [-0.25, -0.2) is 0 Å². The summed E-state index contributed by atoms with van der Waals surface area (Å²) in [6, 6.07) is 5.03. The highest BCUT2D eigenvalue weighted by atomic mass is 35.5. The smallest absolute Gasteiger partial charge is 0.284 e. The van der Waals surface area contributed by atoms with Crippen LogP contribution in [0.3, 0.4) is 0 Å². The van der Waals surface area contributed by atoms with Crippen LogP contribution in [0.15, 0.2) is 23.1 Å². The average molecular weight is 237 g/mol. The molecule has 1 aromatic carbocycles. The maximum absolute atomic E-state index is 10.6. The summed E-state index contributed by atoms with van der Waals surface area (Å²) >= 11 is 11.9. The molecule has 0 aliphatic rings. The molecule has 0 spiro atoms. The van der Waals surface area contributed by atoms with Gasteiger partial charge in [0.1, 0.15) is 5.75 Å². The molecule has 0 saturated carbocycles. The molecule has 0 radical (unpaired) electrons. The van der Waals surface area contributed by atoms with E-state index in [1.165, 1.54) is 0 Å². The third-order valence-corrected chi connectivity index (χ3v) is 2.72. The quantitative estimate of drug-likeness (QED) is 0.578. The molecule has 1 aromatic rings. The van der Waals surface area contributed by atoms with Crippen LogP contribution in [-0.4, -0.2) is 11.7 Å². The standard InChI is InChI=1S/C8H6Cl2O2S/c1-12-5-2-3-7(6(9)4-5)13-8(10)11/h2-4H,1H3. The van der Waals surface area contributed by atoms with Crippen LogP contribution in [0.2, 0.25) is 5.02 Å². The summed E-state index contributed by atoms with van der Waals surface area (Å²) in [6.45, 7) is 0. The summed E-state index contributed by atoms with van der Waals surface area (Å²) in [7, 11) is 1.55. The van der Waals surface area contributed by atoms with Crippen LogP contribution < -0.4 is 4.74 Å². The fraction of sp³-hybridized carbons (Fsp3) is 0.125. The minimum atomic E-state index is -0.507. The lowest BCUT2D eigenvalue weighted by Crippen LogP contribution is -1.83. The largest absolute Gasteiger partial charge is 0.497 e. The number of hydrogen-bond donors (Lipinski definition) is 0. The molecule has 0 aliphatic carbocycles. The molecule has 5 heteroatoms. The summed E-state index contributed by atoms with van der Waals surface area (Å²) < 4.78 is 4.44. The van der Waals surface area contributed by atoms with Gasteiger partial charge in [-0.1, -0.05) is 11.6 Å². The fourth-order valence-corrected chi connectivity index (χ4v) is 1.78. The lowest BCUT2D eigenvalue weighted by molar-refractivity contribution is 0.276. The molecule has 70 valence electrons. The van der Waals surface area contributed by atoms with Crippen molar-refractivity contribution in [3.8, 4) is 5.75 Å². The number of hydrogen-bond acceptors (Lipinski definition) is 3. The number of ether oxygens (including phenoxy) is 1. The minimum absolute atomic E-state index is 0.457. The van der Waals surface area contributed by atoms with Crippen molar-refractivity contribution < 1.29 is 9.53 Å². The first-order valence-corrected chi connectivity index (χ1v) is 4.91. The van der Waals surface area contributed by atoms with E-state index in [1.807, 2.05) is 0 Å². The Bertz CT molecular complexity index is 328. The van der Waals surface area contributed by atoms with Gasteiger partial charge in [-0.05, 0) is 41.6 Å². The van der Waals surface area contributed by atoms with Gasteiger partial charge in [-0.15, -0.1) is 0 Å². The van der Waals surface area contributed by atoms with Crippen LogP contribution in [0.1, 0.15) is 0 Å². The molecule has 0 fully saturated rings. The topological polar surface area (TPSA) is 26.3 Å². The first-order valence-electron chi connectivity index (χ1n) is 3.34. The van der Waals surface area contributed by atoms with Gasteiger partial charge in [-0.2, -0.15) is 0 Å². The Morgan fingerprint density at radius 2 is 2.23 bits per heavy atom. The monoisotopic (exact) mass is 236 g/mol. The van der Waals surface area contributed by atoms with Crippen molar-refractivity contribution in [3.63, 3.8) is 0 Å². The zero-order valence-corrected chi connectivity index (χ0v) is 9.04. The van der Waals surface area contributed by atoms with Gasteiger partial charge in [-0.3, -0.25) is 4.79 Å². The third kappa shape index (κ3) is 3.10. The molecule has 1 rings (SSSR count). The van der Waals surface area contributed by atoms with Gasteiger partial charge in [0, 0.05) is 4.90 Å². The number of carbonyl (C=O) groups excluding carboxylic acids is 1. The van der Waals surface area contributed by atoms with E-state index in [2.05, 4.69) is 0 Å². The maximum Gasteiger partial charge on any atom is 0.284 e. The lowest BCUT2D eigenvalue weighted by atomic mass is 10.3. The van der Waals surface area contributed by atoms with Crippen molar-refractivity contribution >= 4 is 39.5 Å². The Labute approximate surface area is 90.2 Å². The summed E-state index contributed by atoms with van der Waals surface area (Å²) in [5, 5.41) is 0.457. The van der Waals surface area contributed by atoms with Crippen molar-refractivity contribution in [1.82, 2.24) is 0 Å². The Balaban J connectivity index is 2.91. The van der Waals surface area contributed by atoms with E-state index in [-0.39, 0.29) is 0 Å². The molecule has 0 amide bonds. The molecule has 2 nitrogen and oxygen atoms in total. The second-order valence-corrected chi connectivity index (χ2v) is 4.13. The predicted molar refractivity (Wildman–Crippen MR) is 55.1 cm³/mol. The van der Waals surface area contributed by atoms with Gasteiger partial charge >= 0.3 is 0 Å². The molecule has 0 saturated heterocycles. The Hall–Kier alpha value is -0.380.